The fraction of sp³-hybridized carbons (Fsp3) is 0.235. The van der Waals surface area contributed by atoms with E-state index in [1.54, 1.807) is 6.07 Å². The fourth-order valence-corrected chi connectivity index (χ4v) is 3.17. The maximum atomic E-state index is 10.7. The van der Waals surface area contributed by atoms with E-state index >= 15 is 0 Å². The Morgan fingerprint density at radius 2 is 1.91 bits per heavy atom. The summed E-state index contributed by atoms with van der Waals surface area (Å²) in [5, 5.41) is 13.2. The maximum absolute atomic E-state index is 10.7. The van der Waals surface area contributed by atoms with E-state index < -0.39 is 0 Å². The highest BCUT2D eigenvalue weighted by Crippen LogP contribution is 2.46. The zero-order chi connectivity index (χ0) is 15.5. The first-order chi connectivity index (χ1) is 10.7. The molecule has 1 heterocycles. The molecule has 0 saturated carbocycles. The second-order valence-corrected chi connectivity index (χ2v) is 5.68. The average Bonchev–Trinajstić information content (AvgIpc) is 2.66. The summed E-state index contributed by atoms with van der Waals surface area (Å²) in [6, 6.07) is 13.1. The number of carbonyl (C=O) groups excluding carboxylic acids is 1. The number of benzene rings is 2. The molecule has 0 fully saturated rings. The molecule has 0 unspecified atom stereocenters. The lowest BCUT2D eigenvalue weighted by molar-refractivity contribution is -0.109. The quantitative estimate of drug-likeness (QED) is 0.852. The Balaban J connectivity index is 2.15. The average molecular weight is 318 g/mol. The zero-order valence-electron chi connectivity index (χ0n) is 11.8. The van der Waals surface area contributed by atoms with Crippen LogP contribution in [-0.4, -0.2) is 24.7 Å². The summed E-state index contributed by atoms with van der Waals surface area (Å²) in [6.07, 6.45) is 0.668. The molecule has 1 amide bonds. The highest BCUT2D eigenvalue weighted by molar-refractivity contribution is 6.30. The summed E-state index contributed by atoms with van der Waals surface area (Å²) in [5.41, 5.74) is 1.81. The van der Waals surface area contributed by atoms with E-state index in [0.29, 0.717) is 23.7 Å². The van der Waals surface area contributed by atoms with Crippen LogP contribution in [0.2, 0.25) is 5.02 Å². The van der Waals surface area contributed by atoms with Gasteiger partial charge >= 0.3 is 0 Å². The summed E-state index contributed by atoms with van der Waals surface area (Å²) >= 11 is 6.11. The van der Waals surface area contributed by atoms with Gasteiger partial charge in [0.1, 0.15) is 11.5 Å². The topological polar surface area (TPSA) is 58.6 Å². The molecule has 0 aliphatic carbocycles. The van der Waals surface area contributed by atoms with E-state index in [4.69, 9.17) is 16.3 Å². The van der Waals surface area contributed by atoms with Crippen LogP contribution in [0.25, 0.3) is 0 Å². The van der Waals surface area contributed by atoms with E-state index in [2.05, 4.69) is 5.32 Å². The minimum Gasteiger partial charge on any atom is -0.457 e. The number of hydrogen-bond donors (Lipinski definition) is 2. The van der Waals surface area contributed by atoms with Crippen LogP contribution < -0.4 is 10.1 Å². The van der Waals surface area contributed by atoms with Crippen molar-refractivity contribution in [1.82, 2.24) is 5.32 Å². The Labute approximate surface area is 133 Å². The number of aliphatic hydroxyl groups is 1. The van der Waals surface area contributed by atoms with Crippen LogP contribution >= 0.6 is 11.6 Å². The van der Waals surface area contributed by atoms with E-state index in [1.165, 1.54) is 0 Å². The summed E-state index contributed by atoms with van der Waals surface area (Å²) in [5.74, 6) is 1.13. The lowest BCUT2D eigenvalue weighted by Crippen LogP contribution is -2.26. The summed E-state index contributed by atoms with van der Waals surface area (Å²) < 4.78 is 6.01. The molecule has 0 radical (unpaired) electrons. The van der Waals surface area contributed by atoms with Crippen LogP contribution in [0.3, 0.4) is 0 Å². The van der Waals surface area contributed by atoms with Crippen LogP contribution in [0, 0.1) is 0 Å². The Bertz CT molecular complexity index is 689. The second-order valence-electron chi connectivity index (χ2n) is 5.24. The van der Waals surface area contributed by atoms with Crippen molar-refractivity contribution in [1.29, 1.82) is 0 Å². The molecule has 22 heavy (non-hydrogen) atoms. The molecule has 1 aliphatic rings. The number of hydrogen-bond acceptors (Lipinski definition) is 3. The number of nitrogens with one attached hydrogen (secondary N) is 1. The van der Waals surface area contributed by atoms with Crippen molar-refractivity contribution in [2.24, 2.45) is 0 Å². The molecule has 5 heteroatoms. The number of para-hydroxylation sites is 1. The van der Waals surface area contributed by atoms with E-state index in [0.717, 1.165) is 16.9 Å². The smallest absolute Gasteiger partial charge is 0.207 e. The van der Waals surface area contributed by atoms with Crippen molar-refractivity contribution in [3.8, 4) is 11.5 Å². The molecule has 0 aromatic heterocycles. The van der Waals surface area contributed by atoms with Gasteiger partial charge in [-0.25, -0.2) is 0 Å². The van der Waals surface area contributed by atoms with Gasteiger partial charge in [0.2, 0.25) is 6.41 Å². The van der Waals surface area contributed by atoms with Gasteiger partial charge in [-0.15, -0.1) is 0 Å². The maximum Gasteiger partial charge on any atom is 0.207 e. The van der Waals surface area contributed by atoms with Gasteiger partial charge in [-0.3, -0.25) is 4.79 Å². The second kappa shape index (κ2) is 6.38. The van der Waals surface area contributed by atoms with Gasteiger partial charge in [-0.2, -0.15) is 0 Å². The molecule has 2 atom stereocenters. The number of ether oxygens (including phenoxy) is 1. The van der Waals surface area contributed by atoms with Gasteiger partial charge < -0.3 is 15.2 Å². The molecule has 3 rings (SSSR count). The van der Waals surface area contributed by atoms with Gasteiger partial charge in [-0.05, 0) is 24.3 Å². The van der Waals surface area contributed by atoms with Gasteiger partial charge in [-0.1, -0.05) is 29.8 Å². The molecule has 114 valence electrons. The lowest BCUT2D eigenvalue weighted by Gasteiger charge is -2.24. The molecule has 0 bridgehead atoms. The van der Waals surface area contributed by atoms with Crippen LogP contribution in [-0.2, 0) is 4.79 Å². The van der Waals surface area contributed by atoms with Crippen LogP contribution in [0.4, 0.5) is 0 Å². The highest BCUT2D eigenvalue weighted by atomic mass is 35.5. The monoisotopic (exact) mass is 317 g/mol. The molecular weight excluding hydrogens is 302 g/mol. The number of halogens is 1. The van der Waals surface area contributed by atoms with Gasteiger partial charge in [0.05, 0.1) is 6.61 Å². The Hall–Kier alpha value is -2.04. The van der Waals surface area contributed by atoms with E-state index in [9.17, 15) is 9.90 Å². The molecule has 1 aliphatic heterocycles. The number of rotatable bonds is 4. The Kier molecular flexibility index (Phi) is 4.32. The lowest BCUT2D eigenvalue weighted by atomic mass is 9.82. The minimum absolute atomic E-state index is 0.0593. The molecule has 4 nitrogen and oxygen atoms in total. The molecule has 0 spiro atoms. The predicted molar refractivity (Wildman–Crippen MR) is 84.6 cm³/mol. The molecule has 2 N–H and O–H groups in total. The van der Waals surface area contributed by atoms with Gasteiger partial charge in [0.15, 0.2) is 0 Å². The van der Waals surface area contributed by atoms with Crippen molar-refractivity contribution >= 4 is 18.0 Å². The van der Waals surface area contributed by atoms with Gasteiger partial charge in [0.25, 0.3) is 0 Å². The fourth-order valence-electron chi connectivity index (χ4n) is 2.99. The van der Waals surface area contributed by atoms with Crippen molar-refractivity contribution in [3.05, 3.63) is 58.6 Å². The van der Waals surface area contributed by atoms with Crippen LogP contribution in [0.15, 0.2) is 42.5 Å². The summed E-state index contributed by atoms with van der Waals surface area (Å²) in [7, 11) is 0. The first-order valence-electron chi connectivity index (χ1n) is 7.08. The third-order valence-electron chi connectivity index (χ3n) is 4.01. The Morgan fingerprint density at radius 1 is 1.14 bits per heavy atom. The molecule has 2 aromatic rings. The molecule has 2 aromatic carbocycles. The van der Waals surface area contributed by atoms with Crippen molar-refractivity contribution < 1.29 is 14.6 Å². The normalized spacial score (nSPS) is 19.4. The molecule has 0 saturated heterocycles. The predicted octanol–water partition coefficient (Wildman–Crippen LogP) is 3.05. The summed E-state index contributed by atoms with van der Waals surface area (Å²) in [6.45, 7) is 0.358. The van der Waals surface area contributed by atoms with E-state index in [1.807, 2.05) is 36.4 Å². The number of fused-ring (bicyclic) bond motifs is 2. The first-order valence-corrected chi connectivity index (χ1v) is 7.46. The third-order valence-corrected chi connectivity index (χ3v) is 4.25. The van der Waals surface area contributed by atoms with Crippen molar-refractivity contribution in [3.63, 3.8) is 0 Å². The Morgan fingerprint density at radius 3 is 2.68 bits per heavy atom. The number of aliphatic hydroxyl groups excluding tert-OH is 1. The SMILES string of the molecule is O=CNC[C@@H]1c2ccccc2Oc2ccc(Cl)cc2[C@H]1CO. The minimum atomic E-state index is -0.204. The number of carbonyl (C=O) groups is 1. The summed E-state index contributed by atoms with van der Waals surface area (Å²) in [4.78, 5) is 10.7. The first kappa shape index (κ1) is 14.9. The number of amides is 1. The van der Waals surface area contributed by atoms with Crippen molar-refractivity contribution in [2.75, 3.05) is 13.2 Å². The van der Waals surface area contributed by atoms with Crippen LogP contribution in [0.1, 0.15) is 23.0 Å². The standard InChI is InChI=1S/C17H16ClNO3/c18-11-5-6-17-13(7-11)15(9-20)14(8-19-10-21)12-3-1-2-4-16(12)22-17/h1-7,10,14-15,20H,8-9H2,(H,19,21)/t14-,15-/m1/s1. The highest BCUT2D eigenvalue weighted by Gasteiger charge is 2.32. The third kappa shape index (κ3) is 2.67. The largest absolute Gasteiger partial charge is 0.457 e. The van der Waals surface area contributed by atoms with Crippen LogP contribution in [0.5, 0.6) is 11.5 Å². The zero-order valence-corrected chi connectivity index (χ0v) is 12.6. The van der Waals surface area contributed by atoms with Gasteiger partial charge in [0, 0.05) is 34.5 Å². The van der Waals surface area contributed by atoms with E-state index in [-0.39, 0.29) is 18.4 Å². The van der Waals surface area contributed by atoms with Crippen molar-refractivity contribution in [2.45, 2.75) is 11.8 Å². The molecular formula is C17H16ClNO3.